The Kier molecular flexibility index (Phi) is 4.79. The fraction of sp³-hybridized carbons (Fsp3) is 0.231. The molecule has 0 spiro atoms. The van der Waals surface area contributed by atoms with Crippen LogP contribution in [0.3, 0.4) is 0 Å². The summed E-state index contributed by atoms with van der Waals surface area (Å²) in [6.07, 6.45) is 1.49. The Morgan fingerprint density at radius 1 is 1.24 bits per heavy atom. The molecule has 0 aliphatic heterocycles. The predicted molar refractivity (Wildman–Crippen MR) is 82.2 cm³/mol. The second-order valence-electron chi connectivity index (χ2n) is 4.49. The minimum absolute atomic E-state index is 0.0621. The minimum Gasteiger partial charge on any atom is -0.265 e. The van der Waals surface area contributed by atoms with Crippen molar-refractivity contribution >= 4 is 26.0 Å². The number of benzene rings is 1. The van der Waals surface area contributed by atoms with Crippen molar-refractivity contribution in [2.24, 2.45) is 0 Å². The SMILES string of the molecule is O=[N+]([O-])CCc1cc(Br)cn1S(=O)(=O)Cc1ccccc1. The first-order chi connectivity index (χ1) is 9.88. The van der Waals surface area contributed by atoms with Gasteiger partial charge in [0, 0.05) is 21.3 Å². The molecule has 8 heteroatoms. The molecule has 1 aromatic heterocycles. The number of nitro groups is 1. The Morgan fingerprint density at radius 3 is 2.52 bits per heavy atom. The van der Waals surface area contributed by atoms with Crippen molar-refractivity contribution in [2.75, 3.05) is 6.54 Å². The molecule has 0 fully saturated rings. The zero-order chi connectivity index (χ0) is 15.5. The molecule has 6 nitrogen and oxygen atoms in total. The van der Waals surface area contributed by atoms with E-state index in [0.717, 1.165) is 3.97 Å². The molecule has 0 amide bonds. The lowest BCUT2D eigenvalue weighted by atomic mass is 10.2. The van der Waals surface area contributed by atoms with Gasteiger partial charge in [0.2, 0.25) is 16.6 Å². The van der Waals surface area contributed by atoms with Crippen molar-refractivity contribution in [1.29, 1.82) is 0 Å². The molecule has 0 bridgehead atoms. The van der Waals surface area contributed by atoms with Gasteiger partial charge in [0.15, 0.2) is 0 Å². The molecule has 112 valence electrons. The highest BCUT2D eigenvalue weighted by molar-refractivity contribution is 9.10. The molecule has 0 aliphatic rings. The van der Waals surface area contributed by atoms with E-state index >= 15 is 0 Å². The number of nitrogens with zero attached hydrogens (tertiary/aromatic N) is 2. The second-order valence-corrected chi connectivity index (χ2v) is 7.26. The van der Waals surface area contributed by atoms with Crippen LogP contribution in [-0.2, 0) is 22.2 Å². The molecular weight excluding hydrogens is 360 g/mol. The summed E-state index contributed by atoms with van der Waals surface area (Å²) in [6.45, 7) is -0.308. The zero-order valence-electron chi connectivity index (χ0n) is 11.0. The van der Waals surface area contributed by atoms with E-state index in [0.29, 0.717) is 15.7 Å². The van der Waals surface area contributed by atoms with Gasteiger partial charge >= 0.3 is 0 Å². The summed E-state index contributed by atoms with van der Waals surface area (Å²) in [5.41, 5.74) is 1.07. The van der Waals surface area contributed by atoms with Crippen LogP contribution in [0.2, 0.25) is 0 Å². The average Bonchev–Trinajstić information content (AvgIpc) is 2.79. The van der Waals surface area contributed by atoms with Crippen LogP contribution < -0.4 is 0 Å². The lowest BCUT2D eigenvalue weighted by molar-refractivity contribution is -0.479. The highest BCUT2D eigenvalue weighted by atomic mass is 79.9. The van der Waals surface area contributed by atoms with Crippen LogP contribution in [0.25, 0.3) is 0 Å². The molecule has 1 heterocycles. The zero-order valence-corrected chi connectivity index (χ0v) is 13.4. The smallest absolute Gasteiger partial charge is 0.242 e. The van der Waals surface area contributed by atoms with Gasteiger partial charge in [-0.25, -0.2) is 12.4 Å². The predicted octanol–water partition coefficient (Wildman–Crippen LogP) is 2.45. The quantitative estimate of drug-likeness (QED) is 0.575. The van der Waals surface area contributed by atoms with Crippen molar-refractivity contribution in [3.05, 3.63) is 68.4 Å². The van der Waals surface area contributed by atoms with Gasteiger partial charge in [-0.1, -0.05) is 30.3 Å². The summed E-state index contributed by atoms with van der Waals surface area (Å²) in [7, 11) is -3.61. The highest BCUT2D eigenvalue weighted by Crippen LogP contribution is 2.20. The van der Waals surface area contributed by atoms with Gasteiger partial charge in [-0.2, -0.15) is 0 Å². The van der Waals surface area contributed by atoms with Gasteiger partial charge in [-0.15, -0.1) is 0 Å². The maximum atomic E-state index is 12.5. The Hall–Kier alpha value is -1.67. The third-order valence-electron chi connectivity index (χ3n) is 2.87. The number of hydrogen-bond acceptors (Lipinski definition) is 4. The van der Waals surface area contributed by atoms with Crippen LogP contribution >= 0.6 is 15.9 Å². The van der Waals surface area contributed by atoms with E-state index < -0.39 is 14.9 Å². The van der Waals surface area contributed by atoms with Crippen LogP contribution in [-0.4, -0.2) is 23.9 Å². The van der Waals surface area contributed by atoms with Gasteiger partial charge in [-0.3, -0.25) is 10.1 Å². The third kappa shape index (κ3) is 4.15. The fourth-order valence-electron chi connectivity index (χ4n) is 1.96. The first kappa shape index (κ1) is 15.7. The highest BCUT2D eigenvalue weighted by Gasteiger charge is 2.19. The standard InChI is InChI=1S/C13H13BrN2O4S/c14-12-8-13(6-7-16(17)18)15(9-12)21(19,20)10-11-4-2-1-3-5-11/h1-5,8-9H,6-7,10H2. The first-order valence-corrected chi connectivity index (χ1v) is 8.54. The Bertz CT molecular complexity index is 741. The fourth-order valence-corrected chi connectivity index (χ4v) is 4.09. The molecule has 1 aromatic carbocycles. The number of rotatable bonds is 6. The molecule has 0 aliphatic carbocycles. The molecule has 21 heavy (non-hydrogen) atoms. The first-order valence-electron chi connectivity index (χ1n) is 6.14. The molecule has 0 N–H and O–H groups in total. The van der Waals surface area contributed by atoms with Crippen LogP contribution in [0.4, 0.5) is 0 Å². The summed E-state index contributed by atoms with van der Waals surface area (Å²) in [5, 5.41) is 10.5. The molecule has 0 radical (unpaired) electrons. The van der Waals surface area contributed by atoms with E-state index in [1.54, 1.807) is 30.3 Å². The average molecular weight is 373 g/mol. The van der Waals surface area contributed by atoms with Crippen LogP contribution in [0.5, 0.6) is 0 Å². The van der Waals surface area contributed by atoms with Gasteiger partial charge in [0.05, 0.1) is 12.2 Å². The minimum atomic E-state index is -3.61. The van der Waals surface area contributed by atoms with Crippen molar-refractivity contribution in [3.8, 4) is 0 Å². The van der Waals surface area contributed by atoms with Crippen LogP contribution in [0.15, 0.2) is 47.1 Å². The van der Waals surface area contributed by atoms with Crippen LogP contribution in [0.1, 0.15) is 11.3 Å². The Labute approximate surface area is 130 Å². The summed E-state index contributed by atoms with van der Waals surface area (Å²) >= 11 is 3.21. The van der Waals surface area contributed by atoms with Gasteiger partial charge in [-0.05, 0) is 27.6 Å². The van der Waals surface area contributed by atoms with Crippen molar-refractivity contribution in [3.63, 3.8) is 0 Å². The third-order valence-corrected chi connectivity index (χ3v) is 4.94. The van der Waals surface area contributed by atoms with Crippen molar-refractivity contribution in [1.82, 2.24) is 3.97 Å². The van der Waals surface area contributed by atoms with Gasteiger partial charge in [0.25, 0.3) is 0 Å². The van der Waals surface area contributed by atoms with E-state index in [1.165, 1.54) is 6.20 Å². The summed E-state index contributed by atoms with van der Waals surface area (Å²) in [5.74, 6) is -0.152. The van der Waals surface area contributed by atoms with E-state index in [1.807, 2.05) is 6.07 Å². The molecular formula is C13H13BrN2O4S. The summed E-state index contributed by atoms with van der Waals surface area (Å²) in [6, 6.07) is 10.4. The Morgan fingerprint density at radius 2 is 1.90 bits per heavy atom. The molecule has 0 unspecified atom stereocenters. The normalized spacial score (nSPS) is 11.5. The largest absolute Gasteiger partial charge is 0.265 e. The lowest BCUT2D eigenvalue weighted by Crippen LogP contribution is -2.18. The molecule has 2 rings (SSSR count). The molecule has 0 saturated carbocycles. The van der Waals surface area contributed by atoms with E-state index in [4.69, 9.17) is 0 Å². The second kappa shape index (κ2) is 6.40. The maximum Gasteiger partial charge on any atom is 0.242 e. The lowest BCUT2D eigenvalue weighted by Gasteiger charge is -2.09. The van der Waals surface area contributed by atoms with Gasteiger partial charge < -0.3 is 0 Å². The number of aromatic nitrogens is 1. The number of halogens is 1. The molecule has 0 atom stereocenters. The van der Waals surface area contributed by atoms with E-state index in [-0.39, 0.29) is 18.7 Å². The Balaban J connectivity index is 2.29. The summed E-state index contributed by atoms with van der Waals surface area (Å²) < 4.78 is 26.6. The molecule has 0 saturated heterocycles. The number of hydrogen-bond donors (Lipinski definition) is 0. The van der Waals surface area contributed by atoms with Crippen LogP contribution in [0, 0.1) is 10.1 Å². The van der Waals surface area contributed by atoms with Crippen molar-refractivity contribution < 1.29 is 13.3 Å². The van der Waals surface area contributed by atoms with E-state index in [9.17, 15) is 18.5 Å². The van der Waals surface area contributed by atoms with Crippen molar-refractivity contribution in [2.45, 2.75) is 12.2 Å². The summed E-state index contributed by atoms with van der Waals surface area (Å²) in [4.78, 5) is 10.0. The van der Waals surface area contributed by atoms with Gasteiger partial charge in [0.1, 0.15) is 0 Å². The monoisotopic (exact) mass is 372 g/mol. The maximum absolute atomic E-state index is 12.5. The topological polar surface area (TPSA) is 82.2 Å². The van der Waals surface area contributed by atoms with E-state index in [2.05, 4.69) is 15.9 Å². The molecule has 2 aromatic rings.